The number of benzene rings is 1. The minimum absolute atomic E-state index is 0.299. The van der Waals surface area contributed by atoms with Gasteiger partial charge in [-0.15, -0.1) is 0 Å². The maximum atomic E-state index is 13.2. The summed E-state index contributed by atoms with van der Waals surface area (Å²) in [6.45, 7) is 1.36. The highest BCUT2D eigenvalue weighted by atomic mass is 19.1. The van der Waals surface area contributed by atoms with Gasteiger partial charge >= 0.3 is 0 Å². The molecule has 0 unspecified atom stereocenters. The van der Waals surface area contributed by atoms with E-state index in [0.29, 0.717) is 25.4 Å². The zero-order chi connectivity index (χ0) is 12.1. The summed E-state index contributed by atoms with van der Waals surface area (Å²) in [6.07, 6.45) is 3.55. The fourth-order valence-corrected chi connectivity index (χ4v) is 1.51. The highest BCUT2D eigenvalue weighted by molar-refractivity contribution is 5.29. The lowest BCUT2D eigenvalue weighted by molar-refractivity contribution is 0.290. The fraction of sp³-hybridized carbons (Fsp3) is 0.250. The largest absolute Gasteiger partial charge is 0.492 e. The van der Waals surface area contributed by atoms with Crippen molar-refractivity contribution in [3.05, 3.63) is 48.0 Å². The molecule has 1 aromatic heterocycles. The molecule has 0 amide bonds. The van der Waals surface area contributed by atoms with Crippen LogP contribution in [0.4, 0.5) is 4.39 Å². The van der Waals surface area contributed by atoms with Gasteiger partial charge in [0.1, 0.15) is 18.2 Å². The lowest BCUT2D eigenvalue weighted by Crippen LogP contribution is -2.09. The second kappa shape index (κ2) is 5.45. The summed E-state index contributed by atoms with van der Waals surface area (Å²) in [5.41, 5.74) is 6.18. The van der Waals surface area contributed by atoms with Gasteiger partial charge in [0.15, 0.2) is 0 Å². The molecule has 0 atom stereocenters. The smallest absolute Gasteiger partial charge is 0.127 e. The van der Waals surface area contributed by atoms with Crippen molar-refractivity contribution < 1.29 is 9.13 Å². The molecule has 2 N–H and O–H groups in total. The number of halogens is 1. The van der Waals surface area contributed by atoms with Gasteiger partial charge in [0.2, 0.25) is 0 Å². The highest BCUT2D eigenvalue weighted by Crippen LogP contribution is 2.16. The molecule has 2 aromatic rings. The molecule has 0 fully saturated rings. The molecular formula is C12H14FN3O. The van der Waals surface area contributed by atoms with E-state index in [2.05, 4.69) is 5.10 Å². The number of hydrogen-bond donors (Lipinski definition) is 1. The van der Waals surface area contributed by atoms with Crippen LogP contribution in [0.2, 0.25) is 0 Å². The van der Waals surface area contributed by atoms with Crippen LogP contribution < -0.4 is 10.5 Å². The molecule has 0 saturated carbocycles. The predicted molar refractivity (Wildman–Crippen MR) is 62.0 cm³/mol. The molecule has 2 rings (SSSR count). The van der Waals surface area contributed by atoms with Gasteiger partial charge in [-0.3, -0.25) is 4.68 Å². The second-order valence-corrected chi connectivity index (χ2v) is 3.62. The summed E-state index contributed by atoms with van der Waals surface area (Å²) in [6, 6.07) is 6.34. The molecule has 4 nitrogen and oxygen atoms in total. The Bertz CT molecular complexity index is 471. The van der Waals surface area contributed by atoms with Crippen LogP contribution in [-0.2, 0) is 13.1 Å². The summed E-state index contributed by atoms with van der Waals surface area (Å²) in [5, 5.41) is 4.04. The Morgan fingerprint density at radius 2 is 2.24 bits per heavy atom. The van der Waals surface area contributed by atoms with Gasteiger partial charge in [0, 0.05) is 25.0 Å². The van der Waals surface area contributed by atoms with Crippen molar-refractivity contribution in [2.45, 2.75) is 13.1 Å². The Morgan fingerprint density at radius 3 is 2.94 bits per heavy atom. The van der Waals surface area contributed by atoms with E-state index in [-0.39, 0.29) is 5.82 Å². The molecule has 0 radical (unpaired) electrons. The quantitative estimate of drug-likeness (QED) is 0.855. The minimum atomic E-state index is -0.331. The Kier molecular flexibility index (Phi) is 3.72. The van der Waals surface area contributed by atoms with Gasteiger partial charge in [-0.25, -0.2) is 4.39 Å². The van der Waals surface area contributed by atoms with Crippen LogP contribution in [0, 0.1) is 5.82 Å². The molecule has 0 bridgehead atoms. The molecule has 90 valence electrons. The SMILES string of the molecule is NCc1cc(F)cc(OCCn2cccn2)c1. The molecule has 0 aliphatic carbocycles. The predicted octanol–water partition coefficient (Wildman–Crippen LogP) is 1.56. The van der Waals surface area contributed by atoms with Crippen molar-refractivity contribution in [3.63, 3.8) is 0 Å². The van der Waals surface area contributed by atoms with Crippen molar-refractivity contribution in [1.29, 1.82) is 0 Å². The monoisotopic (exact) mass is 235 g/mol. The van der Waals surface area contributed by atoms with Crippen LogP contribution in [0.15, 0.2) is 36.7 Å². The van der Waals surface area contributed by atoms with Gasteiger partial charge in [-0.05, 0) is 23.8 Å². The zero-order valence-electron chi connectivity index (χ0n) is 9.34. The molecule has 1 aromatic carbocycles. The lowest BCUT2D eigenvalue weighted by atomic mass is 10.2. The number of hydrogen-bond acceptors (Lipinski definition) is 3. The van der Waals surface area contributed by atoms with E-state index < -0.39 is 0 Å². The van der Waals surface area contributed by atoms with E-state index in [4.69, 9.17) is 10.5 Å². The Labute approximate surface area is 98.8 Å². The first kappa shape index (κ1) is 11.6. The standard InChI is InChI=1S/C12H14FN3O/c13-11-6-10(9-14)7-12(8-11)17-5-4-16-3-1-2-15-16/h1-3,6-8H,4-5,9,14H2. The van der Waals surface area contributed by atoms with Crippen LogP contribution in [0.3, 0.4) is 0 Å². The number of rotatable bonds is 5. The molecule has 0 spiro atoms. The maximum absolute atomic E-state index is 13.2. The third-order valence-electron chi connectivity index (χ3n) is 2.32. The third kappa shape index (κ3) is 3.29. The van der Waals surface area contributed by atoms with Gasteiger partial charge < -0.3 is 10.5 Å². The highest BCUT2D eigenvalue weighted by Gasteiger charge is 2.01. The molecule has 0 aliphatic rings. The van der Waals surface area contributed by atoms with Crippen molar-refractivity contribution in [3.8, 4) is 5.75 Å². The van der Waals surface area contributed by atoms with Crippen molar-refractivity contribution >= 4 is 0 Å². The molecular weight excluding hydrogens is 221 g/mol. The van der Waals surface area contributed by atoms with Gasteiger partial charge in [0.05, 0.1) is 6.54 Å². The van der Waals surface area contributed by atoms with Crippen LogP contribution in [0.5, 0.6) is 5.75 Å². The Hall–Kier alpha value is -1.88. The van der Waals surface area contributed by atoms with E-state index in [1.54, 1.807) is 16.9 Å². The molecule has 0 saturated heterocycles. The van der Waals surface area contributed by atoms with Gasteiger partial charge in [-0.2, -0.15) is 5.10 Å². The number of aromatic nitrogens is 2. The zero-order valence-corrected chi connectivity index (χ0v) is 9.34. The van der Waals surface area contributed by atoms with Crippen molar-refractivity contribution in [2.24, 2.45) is 5.73 Å². The summed E-state index contributed by atoms with van der Waals surface area (Å²) in [5.74, 6) is 0.166. The summed E-state index contributed by atoms with van der Waals surface area (Å²) < 4.78 is 20.4. The van der Waals surface area contributed by atoms with Gasteiger partial charge in [-0.1, -0.05) is 0 Å². The lowest BCUT2D eigenvalue weighted by Gasteiger charge is -2.08. The number of ether oxygens (including phenoxy) is 1. The minimum Gasteiger partial charge on any atom is -0.492 e. The first-order chi connectivity index (χ1) is 8.28. The number of nitrogens with zero attached hydrogens (tertiary/aromatic N) is 2. The van der Waals surface area contributed by atoms with Gasteiger partial charge in [0.25, 0.3) is 0 Å². The van der Waals surface area contributed by atoms with Crippen LogP contribution in [0.1, 0.15) is 5.56 Å². The average molecular weight is 235 g/mol. The second-order valence-electron chi connectivity index (χ2n) is 3.62. The summed E-state index contributed by atoms with van der Waals surface area (Å²) >= 11 is 0. The van der Waals surface area contributed by atoms with Crippen LogP contribution in [0.25, 0.3) is 0 Å². The number of nitrogens with two attached hydrogens (primary N) is 1. The first-order valence-corrected chi connectivity index (χ1v) is 5.37. The summed E-state index contributed by atoms with van der Waals surface area (Å²) in [4.78, 5) is 0. The van der Waals surface area contributed by atoms with E-state index in [0.717, 1.165) is 5.56 Å². The first-order valence-electron chi connectivity index (χ1n) is 5.37. The summed E-state index contributed by atoms with van der Waals surface area (Å²) in [7, 11) is 0. The maximum Gasteiger partial charge on any atom is 0.127 e. The van der Waals surface area contributed by atoms with Crippen LogP contribution >= 0.6 is 0 Å². The molecule has 17 heavy (non-hydrogen) atoms. The fourth-order valence-electron chi connectivity index (χ4n) is 1.51. The molecule has 1 heterocycles. The van der Waals surface area contributed by atoms with E-state index >= 15 is 0 Å². The molecule has 5 heteroatoms. The normalized spacial score (nSPS) is 10.5. The van der Waals surface area contributed by atoms with E-state index in [1.165, 1.54) is 12.1 Å². The third-order valence-corrected chi connectivity index (χ3v) is 2.32. The van der Waals surface area contributed by atoms with Crippen molar-refractivity contribution in [1.82, 2.24) is 9.78 Å². The molecule has 0 aliphatic heterocycles. The van der Waals surface area contributed by atoms with Crippen LogP contribution in [-0.4, -0.2) is 16.4 Å². The van der Waals surface area contributed by atoms with Crippen molar-refractivity contribution in [2.75, 3.05) is 6.61 Å². The van der Waals surface area contributed by atoms with E-state index in [9.17, 15) is 4.39 Å². The average Bonchev–Trinajstić information content (AvgIpc) is 2.81. The Balaban J connectivity index is 1.92. The Morgan fingerprint density at radius 1 is 1.35 bits per heavy atom. The topological polar surface area (TPSA) is 53.1 Å². The van der Waals surface area contributed by atoms with E-state index in [1.807, 2.05) is 12.3 Å².